The van der Waals surface area contributed by atoms with E-state index < -0.39 is 10.9 Å². The van der Waals surface area contributed by atoms with Crippen LogP contribution in [-0.2, 0) is 11.8 Å². The molecule has 2 aromatic rings. The van der Waals surface area contributed by atoms with Crippen molar-refractivity contribution in [1.82, 2.24) is 5.27 Å². The van der Waals surface area contributed by atoms with Crippen LogP contribution in [0.4, 0.5) is 5.69 Å². The Bertz CT molecular complexity index is 729. The summed E-state index contributed by atoms with van der Waals surface area (Å²) in [5, 5.41) is 5.69. The highest BCUT2D eigenvalue weighted by Crippen LogP contribution is 2.26. The number of hydrogen-bond donors (Lipinski definition) is 2. The second-order valence-electron chi connectivity index (χ2n) is 4.22. The second-order valence-corrected chi connectivity index (χ2v) is 6.39. The Morgan fingerprint density at radius 3 is 2.81 bits per heavy atom. The molecule has 0 saturated carbocycles. The molecule has 0 aliphatic heterocycles. The van der Waals surface area contributed by atoms with Gasteiger partial charge in [-0.25, -0.2) is 4.79 Å². The van der Waals surface area contributed by atoms with E-state index in [0.717, 1.165) is 11.8 Å². The minimum atomic E-state index is -0.525. The molecule has 112 valence electrons. The summed E-state index contributed by atoms with van der Waals surface area (Å²) in [5.74, 6) is -0.301. The van der Waals surface area contributed by atoms with E-state index in [1.807, 2.05) is 0 Å². The second kappa shape index (κ2) is 6.55. The normalized spacial score (nSPS) is 12.2. The Hall–Kier alpha value is -1.44. The number of thioether (sulfide) groups is 1. The summed E-state index contributed by atoms with van der Waals surface area (Å²) in [6.45, 7) is 1.67. The number of benzene rings is 1. The molecule has 1 aromatic heterocycles. The lowest BCUT2D eigenvalue weighted by Crippen LogP contribution is -2.35. The van der Waals surface area contributed by atoms with E-state index in [1.54, 1.807) is 32.2 Å². The maximum Gasteiger partial charge on any atom is 0.441 e. The fraction of sp³-hybridized carbons (Fsp3) is 0.250. The van der Waals surface area contributed by atoms with Crippen LogP contribution in [0.15, 0.2) is 32.5 Å². The fourth-order valence-electron chi connectivity index (χ4n) is 1.51. The summed E-state index contributed by atoms with van der Waals surface area (Å²) < 4.78 is 6.03. The molecule has 1 unspecified atom stereocenters. The largest absolute Gasteiger partial charge is 0.441 e. The van der Waals surface area contributed by atoms with Gasteiger partial charge in [-0.2, -0.15) is 0 Å². The Labute approximate surface area is 134 Å². The first-order chi connectivity index (χ1) is 9.88. The van der Waals surface area contributed by atoms with Crippen molar-refractivity contribution in [2.75, 3.05) is 5.32 Å². The third kappa shape index (κ3) is 3.81. The molecule has 1 amide bonds. The van der Waals surface area contributed by atoms with E-state index in [9.17, 15) is 9.59 Å². The first-order valence-corrected chi connectivity index (χ1v) is 7.52. The zero-order chi connectivity index (χ0) is 15.6. The van der Waals surface area contributed by atoms with E-state index >= 15 is 0 Å². The molecule has 1 heterocycles. The van der Waals surface area contributed by atoms with Crippen LogP contribution in [0.5, 0.6) is 0 Å². The smallest absolute Gasteiger partial charge is 0.324 e. The minimum Gasteiger partial charge on any atom is -0.324 e. The van der Waals surface area contributed by atoms with Crippen molar-refractivity contribution in [1.29, 1.82) is 0 Å². The Balaban J connectivity index is 2.10. The molecule has 6 nitrogen and oxygen atoms in total. The minimum absolute atomic E-state index is 0.301. The highest BCUT2D eigenvalue weighted by molar-refractivity contribution is 8.00. The molecule has 0 radical (unpaired) electrons. The fourth-order valence-corrected chi connectivity index (χ4v) is 2.68. The summed E-state index contributed by atoms with van der Waals surface area (Å²) in [6.07, 6.45) is 0. The Morgan fingerprint density at radius 1 is 1.48 bits per heavy atom. The number of nitrogens with one attached hydrogen (secondary N) is 2. The van der Waals surface area contributed by atoms with Gasteiger partial charge in [-0.15, -0.1) is 0 Å². The van der Waals surface area contributed by atoms with Crippen molar-refractivity contribution in [3.05, 3.63) is 38.7 Å². The number of nitrogens with zero attached hydrogens (tertiary/aromatic N) is 1. The van der Waals surface area contributed by atoms with Gasteiger partial charge < -0.3 is 5.32 Å². The number of H-pyrrole nitrogens is 1. The molecule has 1 aromatic carbocycles. The quantitative estimate of drug-likeness (QED) is 0.655. The number of halogens is 2. The van der Waals surface area contributed by atoms with Crippen LogP contribution in [0.3, 0.4) is 0 Å². The number of carbonyl (C=O) groups excluding carboxylic acids is 1. The Kier molecular flexibility index (Phi) is 4.97. The standard InChI is InChI=1S/C12H11Cl2N3O3S/c1-6(21-11-12(19)20-16-17(11)2)10(18)15-9-5-7(13)3-4-8(9)14/h3-6H,1-2H3,(H-,15,16,18,19)/p+1. The first-order valence-electron chi connectivity index (χ1n) is 5.88. The molecule has 0 fully saturated rings. The van der Waals surface area contributed by atoms with E-state index in [-0.39, 0.29) is 5.91 Å². The molecule has 0 aliphatic carbocycles. The lowest BCUT2D eigenvalue weighted by Gasteiger charge is -2.10. The average molecular weight is 349 g/mol. The number of rotatable bonds is 4. The average Bonchev–Trinajstić information content (AvgIpc) is 2.74. The number of aromatic nitrogens is 2. The molecular formula is C12H12Cl2N3O3S+. The zero-order valence-electron chi connectivity index (χ0n) is 11.1. The number of hydrogen-bond acceptors (Lipinski definition) is 4. The van der Waals surface area contributed by atoms with Crippen molar-refractivity contribution in [2.45, 2.75) is 17.2 Å². The lowest BCUT2D eigenvalue weighted by molar-refractivity contribution is -0.772. The summed E-state index contributed by atoms with van der Waals surface area (Å²) in [5.41, 5.74) is -0.102. The lowest BCUT2D eigenvalue weighted by atomic mass is 10.3. The maximum absolute atomic E-state index is 12.1. The maximum atomic E-state index is 12.1. The monoisotopic (exact) mass is 348 g/mol. The Morgan fingerprint density at radius 2 is 2.19 bits per heavy atom. The van der Waals surface area contributed by atoms with Crippen LogP contribution in [0.2, 0.25) is 10.0 Å². The predicted octanol–water partition coefficient (Wildman–Crippen LogP) is 2.22. The van der Waals surface area contributed by atoms with Gasteiger partial charge in [0.15, 0.2) is 7.05 Å². The molecule has 0 spiro atoms. The van der Waals surface area contributed by atoms with Gasteiger partial charge in [0, 0.05) is 5.02 Å². The van der Waals surface area contributed by atoms with Gasteiger partial charge in [-0.1, -0.05) is 27.9 Å². The van der Waals surface area contributed by atoms with Gasteiger partial charge in [0.05, 0.1) is 16.0 Å². The third-order valence-electron chi connectivity index (χ3n) is 2.60. The van der Waals surface area contributed by atoms with Gasteiger partial charge in [0.25, 0.3) is 0 Å². The highest BCUT2D eigenvalue weighted by Gasteiger charge is 2.25. The van der Waals surface area contributed by atoms with Gasteiger partial charge in [0.2, 0.25) is 5.91 Å². The number of anilines is 1. The van der Waals surface area contributed by atoms with Gasteiger partial charge in [-0.05, 0) is 42.2 Å². The van der Waals surface area contributed by atoms with Crippen molar-refractivity contribution in [3.8, 4) is 0 Å². The molecule has 21 heavy (non-hydrogen) atoms. The van der Waals surface area contributed by atoms with Crippen LogP contribution in [-0.4, -0.2) is 16.4 Å². The molecule has 0 bridgehead atoms. The number of aromatic amines is 1. The molecule has 2 N–H and O–H groups in total. The summed E-state index contributed by atoms with van der Waals surface area (Å²) >= 11 is 12.9. The van der Waals surface area contributed by atoms with Crippen LogP contribution in [0, 0.1) is 0 Å². The van der Waals surface area contributed by atoms with E-state index in [4.69, 9.17) is 23.2 Å². The van der Waals surface area contributed by atoms with Gasteiger partial charge in [0.1, 0.15) is 0 Å². The SMILES string of the molecule is CC(Sc1c(=O)o[nH][n+]1C)C(=O)Nc1cc(Cl)ccc1Cl. The summed E-state index contributed by atoms with van der Waals surface area (Å²) in [4.78, 5) is 23.6. The topological polar surface area (TPSA) is 79.0 Å². The van der Waals surface area contributed by atoms with Gasteiger partial charge in [-0.3, -0.25) is 9.32 Å². The molecule has 9 heteroatoms. The summed E-state index contributed by atoms with van der Waals surface area (Å²) in [6, 6.07) is 4.78. The molecule has 0 aliphatic rings. The van der Waals surface area contributed by atoms with Gasteiger partial charge >= 0.3 is 10.7 Å². The highest BCUT2D eigenvalue weighted by atomic mass is 35.5. The van der Waals surface area contributed by atoms with Crippen molar-refractivity contribution < 1.29 is 14.0 Å². The summed E-state index contributed by atoms with van der Waals surface area (Å²) in [7, 11) is 1.62. The van der Waals surface area contributed by atoms with Crippen molar-refractivity contribution >= 4 is 46.6 Å². The third-order valence-corrected chi connectivity index (χ3v) is 4.39. The number of amides is 1. The molecule has 1 atom stereocenters. The molecule has 2 rings (SSSR count). The van der Waals surface area contributed by atoms with Crippen molar-refractivity contribution in [3.63, 3.8) is 0 Å². The number of aryl methyl sites for hydroxylation is 1. The van der Waals surface area contributed by atoms with Crippen LogP contribution < -0.4 is 15.6 Å². The van der Waals surface area contributed by atoms with Crippen LogP contribution in [0.1, 0.15) is 6.92 Å². The zero-order valence-corrected chi connectivity index (χ0v) is 13.5. The van der Waals surface area contributed by atoms with E-state index in [1.165, 1.54) is 4.68 Å². The first kappa shape index (κ1) is 15.9. The molecule has 0 saturated heterocycles. The molecular weight excluding hydrogens is 337 g/mol. The van der Waals surface area contributed by atoms with Crippen LogP contribution in [0.25, 0.3) is 0 Å². The van der Waals surface area contributed by atoms with Crippen LogP contribution >= 0.6 is 35.0 Å². The van der Waals surface area contributed by atoms with Crippen molar-refractivity contribution in [2.24, 2.45) is 7.05 Å². The van der Waals surface area contributed by atoms with E-state index in [2.05, 4.69) is 15.1 Å². The van der Waals surface area contributed by atoms with E-state index in [0.29, 0.717) is 20.8 Å². The predicted molar refractivity (Wildman–Crippen MR) is 80.9 cm³/mol. The number of carbonyl (C=O) groups is 1.